The third-order valence-corrected chi connectivity index (χ3v) is 8.12. The van der Waals surface area contributed by atoms with Crippen LogP contribution in [0.3, 0.4) is 0 Å². The Hall–Kier alpha value is -1.29. The molecule has 2 aromatic heterocycles. The van der Waals surface area contributed by atoms with Crippen molar-refractivity contribution < 1.29 is 17.7 Å². The molecule has 25 heavy (non-hydrogen) atoms. The zero-order valence-corrected chi connectivity index (χ0v) is 16.6. The summed E-state index contributed by atoms with van der Waals surface area (Å²) < 4.78 is 38.8. The summed E-state index contributed by atoms with van der Waals surface area (Å²) in [5, 5.41) is 3.79. The predicted octanol–water partition coefficient (Wildman–Crippen LogP) is 2.89. The Bertz CT molecular complexity index is 851. The summed E-state index contributed by atoms with van der Waals surface area (Å²) >= 11 is 1.31. The maximum absolute atomic E-state index is 13.2. The molecule has 0 amide bonds. The molecule has 1 aliphatic heterocycles. The Balaban J connectivity index is 1.97. The molecule has 9 heteroatoms. The number of aryl methyl sites for hydroxylation is 1. The summed E-state index contributed by atoms with van der Waals surface area (Å²) in [5.74, 6) is 0.799. The molecule has 0 aromatic carbocycles. The summed E-state index contributed by atoms with van der Waals surface area (Å²) in [7, 11) is -2.08. The van der Waals surface area contributed by atoms with Gasteiger partial charge in [-0.2, -0.15) is 9.29 Å². The van der Waals surface area contributed by atoms with Crippen LogP contribution in [0.4, 0.5) is 0 Å². The zero-order chi connectivity index (χ0) is 18.4. The average Bonchev–Trinajstić information content (AvgIpc) is 3.24. The first-order valence-corrected chi connectivity index (χ1v) is 10.3. The second-order valence-corrected chi connectivity index (χ2v) is 10.4. The minimum absolute atomic E-state index is 0.0957. The fraction of sp³-hybridized carbons (Fsp3) is 0.625. The van der Waals surface area contributed by atoms with E-state index in [0.29, 0.717) is 22.3 Å². The Morgan fingerprint density at radius 1 is 1.36 bits per heavy atom. The number of rotatable bonds is 4. The topological polar surface area (TPSA) is 85.5 Å². The van der Waals surface area contributed by atoms with Crippen molar-refractivity contribution in [2.75, 3.05) is 13.7 Å². The molecule has 3 rings (SSSR count). The van der Waals surface area contributed by atoms with Crippen LogP contribution in [-0.2, 0) is 20.2 Å². The highest BCUT2D eigenvalue weighted by molar-refractivity contribution is 7.91. The third kappa shape index (κ3) is 3.51. The summed E-state index contributed by atoms with van der Waals surface area (Å²) in [5.41, 5.74) is -0.0957. The van der Waals surface area contributed by atoms with Gasteiger partial charge >= 0.3 is 0 Å². The highest BCUT2D eigenvalue weighted by Crippen LogP contribution is 2.40. The number of hydrogen-bond donors (Lipinski definition) is 0. The molecule has 0 N–H and O–H groups in total. The lowest BCUT2D eigenvalue weighted by Crippen LogP contribution is -2.31. The minimum atomic E-state index is -3.67. The molecule has 138 valence electrons. The lowest BCUT2D eigenvalue weighted by atomic mass is 9.95. The van der Waals surface area contributed by atoms with Crippen LogP contribution in [0.5, 0.6) is 0 Å². The highest BCUT2D eigenvalue weighted by atomic mass is 32.2. The summed E-state index contributed by atoms with van der Waals surface area (Å²) in [6.45, 7) is 8.18. The lowest BCUT2D eigenvalue weighted by Gasteiger charge is -2.20. The van der Waals surface area contributed by atoms with Gasteiger partial charge in [0, 0.05) is 25.0 Å². The van der Waals surface area contributed by atoms with Gasteiger partial charge < -0.3 is 9.26 Å². The molecule has 1 aliphatic rings. The Labute approximate surface area is 152 Å². The van der Waals surface area contributed by atoms with Gasteiger partial charge in [-0.1, -0.05) is 25.9 Å². The van der Waals surface area contributed by atoms with Crippen molar-refractivity contribution in [1.29, 1.82) is 0 Å². The molecule has 1 saturated heterocycles. The van der Waals surface area contributed by atoms with E-state index in [4.69, 9.17) is 9.26 Å². The molecule has 0 saturated carbocycles. The molecule has 0 bridgehead atoms. The quantitative estimate of drug-likeness (QED) is 0.804. The molecule has 0 aliphatic carbocycles. The molecular formula is C16H23N3O4S2. The molecule has 0 radical (unpaired) electrons. The van der Waals surface area contributed by atoms with Crippen molar-refractivity contribution in [1.82, 2.24) is 14.4 Å². The van der Waals surface area contributed by atoms with Crippen molar-refractivity contribution in [3.8, 4) is 0 Å². The lowest BCUT2D eigenvalue weighted by molar-refractivity contribution is 0.114. The van der Waals surface area contributed by atoms with Crippen molar-refractivity contribution in [2.45, 2.75) is 55.9 Å². The number of sulfonamides is 1. The Morgan fingerprint density at radius 2 is 2.08 bits per heavy atom. The van der Waals surface area contributed by atoms with Gasteiger partial charge in [-0.3, -0.25) is 0 Å². The monoisotopic (exact) mass is 385 g/mol. The van der Waals surface area contributed by atoms with Crippen LogP contribution in [0.2, 0.25) is 0 Å². The molecule has 0 unspecified atom stereocenters. The van der Waals surface area contributed by atoms with E-state index >= 15 is 0 Å². The molecular weight excluding hydrogens is 362 g/mol. The van der Waals surface area contributed by atoms with Crippen LogP contribution in [0.25, 0.3) is 0 Å². The molecule has 2 atom stereocenters. The third-order valence-electron chi connectivity index (χ3n) is 4.26. The SMILES string of the molecule is CO[C@H]1C[C@H](c2nc(C)no2)N(S(=O)(=O)c2ccc(C(C)(C)C)s2)C1. The smallest absolute Gasteiger partial charge is 0.253 e. The van der Waals surface area contributed by atoms with Crippen LogP contribution in [0.15, 0.2) is 20.9 Å². The summed E-state index contributed by atoms with van der Waals surface area (Å²) in [4.78, 5) is 5.25. The van der Waals surface area contributed by atoms with Crippen molar-refractivity contribution in [3.05, 3.63) is 28.7 Å². The fourth-order valence-corrected chi connectivity index (χ4v) is 5.97. The maximum atomic E-state index is 13.2. The van der Waals surface area contributed by atoms with E-state index < -0.39 is 16.1 Å². The normalized spacial score (nSPS) is 22.6. The second kappa shape index (κ2) is 6.46. The van der Waals surface area contributed by atoms with Crippen LogP contribution >= 0.6 is 11.3 Å². The Kier molecular flexibility index (Phi) is 4.78. The molecule has 7 nitrogen and oxygen atoms in total. The van der Waals surface area contributed by atoms with Crippen LogP contribution in [-0.4, -0.2) is 42.6 Å². The van der Waals surface area contributed by atoms with E-state index in [0.717, 1.165) is 4.88 Å². The predicted molar refractivity (Wildman–Crippen MR) is 94.1 cm³/mol. The standard InChI is InChI=1S/C16H23N3O4S2/c1-10-17-15(23-18-10)12-8-11(22-5)9-19(12)25(20,21)14-7-6-13(24-14)16(2,3)4/h6-7,11-12H,8-9H2,1-5H3/t11-,12+/m0/s1. The van der Waals surface area contributed by atoms with Gasteiger partial charge in [-0.15, -0.1) is 11.3 Å². The van der Waals surface area contributed by atoms with Gasteiger partial charge in [0.15, 0.2) is 5.82 Å². The fourth-order valence-electron chi connectivity index (χ4n) is 2.86. The average molecular weight is 386 g/mol. The highest BCUT2D eigenvalue weighted by Gasteiger charge is 2.44. The second-order valence-electron chi connectivity index (χ2n) is 7.23. The van der Waals surface area contributed by atoms with Crippen LogP contribution in [0.1, 0.15) is 49.8 Å². The van der Waals surface area contributed by atoms with E-state index in [1.807, 2.05) is 6.07 Å². The number of aromatic nitrogens is 2. The van der Waals surface area contributed by atoms with Gasteiger partial charge in [-0.05, 0) is 24.5 Å². The first kappa shape index (κ1) is 18.5. The number of hydrogen-bond acceptors (Lipinski definition) is 7. The molecule has 0 spiro atoms. The van der Waals surface area contributed by atoms with Crippen molar-refractivity contribution >= 4 is 21.4 Å². The summed E-state index contributed by atoms with van der Waals surface area (Å²) in [6, 6.07) is 3.06. The summed E-state index contributed by atoms with van der Waals surface area (Å²) in [6.07, 6.45) is 0.295. The van der Waals surface area contributed by atoms with E-state index in [-0.39, 0.29) is 18.1 Å². The van der Waals surface area contributed by atoms with E-state index in [9.17, 15) is 8.42 Å². The first-order chi connectivity index (χ1) is 11.6. The number of nitrogens with zero attached hydrogens (tertiary/aromatic N) is 3. The van der Waals surface area contributed by atoms with Gasteiger partial charge in [0.2, 0.25) is 5.89 Å². The number of thiophene rings is 1. The molecule has 2 aromatic rings. The maximum Gasteiger partial charge on any atom is 0.253 e. The van der Waals surface area contributed by atoms with Crippen molar-refractivity contribution in [2.24, 2.45) is 0 Å². The molecule has 1 fully saturated rings. The van der Waals surface area contributed by atoms with Gasteiger partial charge in [0.05, 0.1) is 6.10 Å². The minimum Gasteiger partial charge on any atom is -0.380 e. The van der Waals surface area contributed by atoms with Crippen LogP contribution < -0.4 is 0 Å². The number of ether oxygens (including phenoxy) is 1. The van der Waals surface area contributed by atoms with Gasteiger partial charge in [0.1, 0.15) is 10.3 Å². The van der Waals surface area contributed by atoms with Crippen LogP contribution in [0, 0.1) is 6.92 Å². The van der Waals surface area contributed by atoms with Gasteiger partial charge in [0.25, 0.3) is 10.0 Å². The van der Waals surface area contributed by atoms with E-state index in [1.54, 1.807) is 20.1 Å². The molecule has 3 heterocycles. The zero-order valence-electron chi connectivity index (χ0n) is 15.0. The van der Waals surface area contributed by atoms with Crippen molar-refractivity contribution in [3.63, 3.8) is 0 Å². The Morgan fingerprint density at radius 3 is 2.60 bits per heavy atom. The largest absolute Gasteiger partial charge is 0.380 e. The van der Waals surface area contributed by atoms with E-state index in [2.05, 4.69) is 30.9 Å². The first-order valence-electron chi connectivity index (χ1n) is 8.08. The van der Waals surface area contributed by atoms with Gasteiger partial charge in [-0.25, -0.2) is 8.42 Å². The van der Waals surface area contributed by atoms with E-state index in [1.165, 1.54) is 15.6 Å². The number of methoxy groups -OCH3 is 1.